The number of anilines is 1. The van der Waals surface area contributed by atoms with Crippen molar-refractivity contribution in [1.29, 1.82) is 0 Å². The number of carbonyl (C=O) groups is 1. The summed E-state index contributed by atoms with van der Waals surface area (Å²) in [4.78, 5) is 26.1. The van der Waals surface area contributed by atoms with E-state index in [2.05, 4.69) is 36.4 Å². The van der Waals surface area contributed by atoms with Gasteiger partial charge in [0.2, 0.25) is 17.7 Å². The molecule has 0 atom stereocenters. The summed E-state index contributed by atoms with van der Waals surface area (Å²) in [5.74, 6) is 0.478. The van der Waals surface area contributed by atoms with Crippen LogP contribution < -0.4 is 10.9 Å². The molecule has 8 heteroatoms. The Kier molecular flexibility index (Phi) is 5.08. The van der Waals surface area contributed by atoms with Gasteiger partial charge in [-0.3, -0.25) is 9.59 Å². The third-order valence-corrected chi connectivity index (χ3v) is 3.93. The smallest absolute Gasteiger partial charge is 0.271 e. The van der Waals surface area contributed by atoms with Gasteiger partial charge in [0, 0.05) is 29.1 Å². The standard InChI is InChI=1S/C17H15BrN4O3/c1-10-2-4-11(5-3-10)17-22-21-15(25-17)7-6-14(23)20-13-8-12(18)9-19-16(13)24/h2-5,8-9H,6-7H2,1H3,(H,19,24)(H,20,23). The van der Waals surface area contributed by atoms with E-state index in [0.717, 1.165) is 11.1 Å². The van der Waals surface area contributed by atoms with Crippen molar-refractivity contribution in [3.8, 4) is 11.5 Å². The van der Waals surface area contributed by atoms with Crippen molar-refractivity contribution < 1.29 is 9.21 Å². The van der Waals surface area contributed by atoms with Crippen LogP contribution in [0, 0.1) is 6.92 Å². The largest absolute Gasteiger partial charge is 0.421 e. The molecule has 128 valence electrons. The van der Waals surface area contributed by atoms with E-state index in [1.54, 1.807) is 6.07 Å². The quantitative estimate of drug-likeness (QED) is 0.682. The van der Waals surface area contributed by atoms with Crippen molar-refractivity contribution in [1.82, 2.24) is 15.2 Å². The molecule has 0 aliphatic heterocycles. The van der Waals surface area contributed by atoms with Gasteiger partial charge < -0.3 is 14.7 Å². The molecule has 0 radical (unpaired) electrons. The fraction of sp³-hybridized carbons (Fsp3) is 0.176. The van der Waals surface area contributed by atoms with E-state index < -0.39 is 0 Å². The van der Waals surface area contributed by atoms with Crippen molar-refractivity contribution in [2.24, 2.45) is 0 Å². The predicted molar refractivity (Wildman–Crippen MR) is 96.2 cm³/mol. The van der Waals surface area contributed by atoms with Crippen LogP contribution in [-0.4, -0.2) is 21.1 Å². The van der Waals surface area contributed by atoms with Crippen molar-refractivity contribution in [3.05, 3.63) is 62.8 Å². The summed E-state index contributed by atoms with van der Waals surface area (Å²) in [5, 5.41) is 10.5. The van der Waals surface area contributed by atoms with Crippen LogP contribution in [0.25, 0.3) is 11.5 Å². The number of hydrogen-bond acceptors (Lipinski definition) is 5. The second-order valence-electron chi connectivity index (χ2n) is 5.48. The number of hydrogen-bond donors (Lipinski definition) is 2. The molecule has 1 aromatic carbocycles. The first-order valence-electron chi connectivity index (χ1n) is 7.59. The number of aromatic nitrogens is 3. The summed E-state index contributed by atoms with van der Waals surface area (Å²) in [7, 11) is 0. The highest BCUT2D eigenvalue weighted by Gasteiger charge is 2.12. The Balaban J connectivity index is 1.60. The van der Waals surface area contributed by atoms with Crippen LogP contribution in [-0.2, 0) is 11.2 Å². The Morgan fingerprint density at radius 2 is 2.04 bits per heavy atom. The molecule has 0 saturated heterocycles. The molecule has 2 heterocycles. The molecule has 0 aliphatic carbocycles. The number of H-pyrrole nitrogens is 1. The van der Waals surface area contributed by atoms with Crippen molar-refractivity contribution in [2.45, 2.75) is 19.8 Å². The number of aryl methyl sites for hydroxylation is 2. The lowest BCUT2D eigenvalue weighted by Crippen LogP contribution is -2.19. The topological polar surface area (TPSA) is 101 Å². The van der Waals surface area contributed by atoms with Crippen LogP contribution in [0.3, 0.4) is 0 Å². The van der Waals surface area contributed by atoms with E-state index >= 15 is 0 Å². The van der Waals surface area contributed by atoms with Crippen LogP contribution in [0.5, 0.6) is 0 Å². The lowest BCUT2D eigenvalue weighted by molar-refractivity contribution is -0.116. The summed E-state index contributed by atoms with van der Waals surface area (Å²) in [5.41, 5.74) is 1.79. The minimum atomic E-state index is -0.365. The first-order valence-corrected chi connectivity index (χ1v) is 8.38. The number of nitrogens with zero attached hydrogens (tertiary/aromatic N) is 2. The van der Waals surface area contributed by atoms with Crippen LogP contribution >= 0.6 is 15.9 Å². The summed E-state index contributed by atoms with van der Waals surface area (Å²) < 4.78 is 6.24. The van der Waals surface area contributed by atoms with Crippen LogP contribution in [0.1, 0.15) is 17.9 Å². The lowest BCUT2D eigenvalue weighted by Gasteiger charge is -2.03. The van der Waals surface area contributed by atoms with Gasteiger partial charge in [0.05, 0.1) is 0 Å². The van der Waals surface area contributed by atoms with Crippen molar-refractivity contribution in [3.63, 3.8) is 0 Å². The van der Waals surface area contributed by atoms with Gasteiger partial charge in [0.15, 0.2) is 0 Å². The van der Waals surface area contributed by atoms with E-state index in [1.807, 2.05) is 31.2 Å². The second-order valence-corrected chi connectivity index (χ2v) is 6.39. The minimum Gasteiger partial charge on any atom is -0.421 e. The number of aromatic amines is 1. The van der Waals surface area contributed by atoms with Gasteiger partial charge in [-0.1, -0.05) is 17.7 Å². The van der Waals surface area contributed by atoms with E-state index in [1.165, 1.54) is 6.20 Å². The van der Waals surface area contributed by atoms with Crippen LogP contribution in [0.15, 0.2) is 50.2 Å². The molecule has 1 amide bonds. The Hall–Kier alpha value is -2.74. The molecule has 0 bridgehead atoms. The molecule has 7 nitrogen and oxygen atoms in total. The van der Waals surface area contributed by atoms with Gasteiger partial charge >= 0.3 is 0 Å². The van der Waals surface area contributed by atoms with Gasteiger partial charge in [-0.25, -0.2) is 0 Å². The van der Waals surface area contributed by atoms with E-state index in [-0.39, 0.29) is 30.0 Å². The molecule has 3 rings (SSSR count). The highest BCUT2D eigenvalue weighted by Crippen LogP contribution is 2.19. The zero-order chi connectivity index (χ0) is 17.8. The highest BCUT2D eigenvalue weighted by atomic mass is 79.9. The molecule has 3 aromatic rings. The molecule has 0 spiro atoms. The van der Waals surface area contributed by atoms with Crippen LogP contribution in [0.4, 0.5) is 5.69 Å². The van der Waals surface area contributed by atoms with Gasteiger partial charge in [-0.05, 0) is 41.1 Å². The molecule has 0 aliphatic rings. The highest BCUT2D eigenvalue weighted by molar-refractivity contribution is 9.10. The fourth-order valence-corrected chi connectivity index (χ4v) is 2.49. The Morgan fingerprint density at radius 1 is 1.28 bits per heavy atom. The number of halogens is 1. The minimum absolute atomic E-state index is 0.126. The SMILES string of the molecule is Cc1ccc(-c2nnc(CCC(=O)Nc3cc(Br)c[nH]c3=O)o2)cc1. The third kappa shape index (κ3) is 4.42. The maximum atomic E-state index is 12.0. The van der Waals surface area contributed by atoms with Crippen molar-refractivity contribution in [2.75, 3.05) is 5.32 Å². The summed E-state index contributed by atoms with van der Waals surface area (Å²) >= 11 is 3.24. The normalized spacial score (nSPS) is 10.6. The van der Waals surface area contributed by atoms with Gasteiger partial charge in [0.1, 0.15) is 5.69 Å². The number of nitrogens with one attached hydrogen (secondary N) is 2. The van der Waals surface area contributed by atoms with Crippen LogP contribution in [0.2, 0.25) is 0 Å². The van der Waals surface area contributed by atoms with Gasteiger partial charge in [0.25, 0.3) is 5.56 Å². The van der Waals surface area contributed by atoms with Gasteiger partial charge in [-0.15, -0.1) is 10.2 Å². The zero-order valence-corrected chi connectivity index (χ0v) is 15.0. The summed E-state index contributed by atoms with van der Waals surface area (Å²) in [6.45, 7) is 2.00. The number of amides is 1. The predicted octanol–water partition coefficient (Wildman–Crippen LogP) is 3.07. The second kappa shape index (κ2) is 7.43. The molecule has 25 heavy (non-hydrogen) atoms. The monoisotopic (exact) mass is 402 g/mol. The fourth-order valence-electron chi connectivity index (χ4n) is 2.15. The maximum Gasteiger partial charge on any atom is 0.271 e. The average Bonchev–Trinajstić information content (AvgIpc) is 3.06. The lowest BCUT2D eigenvalue weighted by atomic mass is 10.1. The van der Waals surface area contributed by atoms with E-state index in [0.29, 0.717) is 16.3 Å². The molecule has 2 N–H and O–H groups in total. The first-order chi connectivity index (χ1) is 12.0. The van der Waals surface area contributed by atoms with Crippen molar-refractivity contribution >= 4 is 27.5 Å². The van der Waals surface area contributed by atoms with E-state index in [9.17, 15) is 9.59 Å². The number of carbonyl (C=O) groups excluding carboxylic acids is 1. The molecule has 0 saturated carbocycles. The Morgan fingerprint density at radius 3 is 2.80 bits per heavy atom. The number of pyridine rings is 1. The maximum absolute atomic E-state index is 12.0. The molecule has 2 aromatic heterocycles. The van der Waals surface area contributed by atoms with E-state index in [4.69, 9.17) is 4.42 Å². The Labute approximate surface area is 151 Å². The number of rotatable bonds is 5. The first kappa shape index (κ1) is 17.1. The average molecular weight is 403 g/mol. The molecular formula is C17H15BrN4O3. The third-order valence-electron chi connectivity index (χ3n) is 3.47. The Bertz CT molecular complexity index is 947. The molecule has 0 fully saturated rings. The zero-order valence-electron chi connectivity index (χ0n) is 13.4. The summed E-state index contributed by atoms with van der Waals surface area (Å²) in [6, 6.07) is 9.26. The van der Waals surface area contributed by atoms with Gasteiger partial charge in [-0.2, -0.15) is 0 Å². The summed E-state index contributed by atoms with van der Waals surface area (Å²) in [6.07, 6.45) is 1.92. The number of benzene rings is 1. The molecular weight excluding hydrogens is 388 g/mol. The molecule has 0 unspecified atom stereocenters.